The van der Waals surface area contributed by atoms with E-state index in [1.54, 1.807) is 6.07 Å². The summed E-state index contributed by atoms with van der Waals surface area (Å²) in [6.45, 7) is 4.23. The lowest BCUT2D eigenvalue weighted by Crippen LogP contribution is -2.08. The van der Waals surface area contributed by atoms with E-state index in [9.17, 15) is 0 Å². The average Bonchev–Trinajstić information content (AvgIpc) is 3.17. The second kappa shape index (κ2) is 4.64. The second-order valence-corrected chi connectivity index (χ2v) is 5.03. The molecule has 3 rings (SSSR count). The van der Waals surface area contributed by atoms with Crippen LogP contribution in [0.2, 0.25) is 0 Å². The Bertz CT molecular complexity index is 598. The molecule has 2 aromatic rings. The van der Waals surface area contributed by atoms with Crippen molar-refractivity contribution in [3.63, 3.8) is 0 Å². The summed E-state index contributed by atoms with van der Waals surface area (Å²) >= 11 is 0. The fourth-order valence-electron chi connectivity index (χ4n) is 2.20. The molecule has 0 bridgehead atoms. The predicted molar refractivity (Wildman–Crippen MR) is 74.3 cm³/mol. The minimum atomic E-state index is 0.494. The van der Waals surface area contributed by atoms with E-state index in [1.807, 2.05) is 4.68 Å². The van der Waals surface area contributed by atoms with E-state index < -0.39 is 0 Å². The zero-order chi connectivity index (χ0) is 13.4. The fourth-order valence-corrected chi connectivity index (χ4v) is 2.20. The average molecular weight is 257 g/mol. The summed E-state index contributed by atoms with van der Waals surface area (Å²) in [6.07, 6.45) is 4.19. The van der Waals surface area contributed by atoms with E-state index in [2.05, 4.69) is 35.0 Å². The molecule has 19 heavy (non-hydrogen) atoms. The third-order valence-corrected chi connectivity index (χ3v) is 3.47. The van der Waals surface area contributed by atoms with Crippen LogP contribution in [-0.4, -0.2) is 19.7 Å². The number of hydrogen-bond acceptors (Lipinski definition) is 4. The van der Waals surface area contributed by atoms with Crippen LogP contribution in [0.15, 0.2) is 12.1 Å². The van der Waals surface area contributed by atoms with Crippen LogP contribution < -0.4 is 5.73 Å². The first-order chi connectivity index (χ1) is 9.21. The second-order valence-electron chi connectivity index (χ2n) is 5.03. The standard InChI is InChI=1S/C14H19N5/c1-3-10-7-11(4-2)19(18-10)13-8-12(15)16-14(17-13)9-5-6-9/h7-9H,3-6H2,1-2H3,(H2,15,16,17). The molecule has 0 atom stereocenters. The van der Waals surface area contributed by atoms with Crippen molar-refractivity contribution in [2.24, 2.45) is 0 Å². The van der Waals surface area contributed by atoms with E-state index in [-0.39, 0.29) is 0 Å². The smallest absolute Gasteiger partial charge is 0.159 e. The van der Waals surface area contributed by atoms with Gasteiger partial charge in [-0.2, -0.15) is 5.10 Å². The van der Waals surface area contributed by atoms with Gasteiger partial charge in [0.2, 0.25) is 0 Å². The third-order valence-electron chi connectivity index (χ3n) is 3.47. The number of nitrogens with two attached hydrogens (primary N) is 1. The molecule has 1 aliphatic rings. The monoisotopic (exact) mass is 257 g/mol. The molecule has 1 aliphatic carbocycles. The Hall–Kier alpha value is -1.91. The van der Waals surface area contributed by atoms with Crippen molar-refractivity contribution in [2.75, 3.05) is 5.73 Å². The molecule has 0 aromatic carbocycles. The number of hydrogen-bond donors (Lipinski definition) is 1. The van der Waals surface area contributed by atoms with E-state index in [0.29, 0.717) is 11.7 Å². The first kappa shape index (κ1) is 12.1. The maximum absolute atomic E-state index is 5.90. The molecule has 0 aliphatic heterocycles. The number of aromatic nitrogens is 4. The molecule has 1 fully saturated rings. The van der Waals surface area contributed by atoms with Gasteiger partial charge < -0.3 is 5.73 Å². The Kier molecular flexibility index (Phi) is 2.97. The van der Waals surface area contributed by atoms with Crippen molar-refractivity contribution in [1.29, 1.82) is 0 Å². The van der Waals surface area contributed by atoms with Gasteiger partial charge in [-0.25, -0.2) is 14.6 Å². The Labute approximate surface area is 112 Å². The zero-order valence-electron chi connectivity index (χ0n) is 11.4. The lowest BCUT2D eigenvalue weighted by atomic mass is 10.2. The van der Waals surface area contributed by atoms with Gasteiger partial charge in [-0.1, -0.05) is 13.8 Å². The van der Waals surface area contributed by atoms with Gasteiger partial charge in [0.1, 0.15) is 11.6 Å². The minimum absolute atomic E-state index is 0.494. The molecule has 2 heterocycles. The van der Waals surface area contributed by atoms with Gasteiger partial charge in [0, 0.05) is 17.7 Å². The lowest BCUT2D eigenvalue weighted by molar-refractivity contribution is 0.756. The lowest BCUT2D eigenvalue weighted by Gasteiger charge is -2.07. The van der Waals surface area contributed by atoms with Crippen molar-refractivity contribution >= 4 is 5.82 Å². The number of nitrogen functional groups attached to an aromatic ring is 1. The largest absolute Gasteiger partial charge is 0.384 e. The van der Waals surface area contributed by atoms with Crippen molar-refractivity contribution < 1.29 is 0 Å². The minimum Gasteiger partial charge on any atom is -0.384 e. The van der Waals surface area contributed by atoms with Gasteiger partial charge in [0.25, 0.3) is 0 Å². The maximum atomic E-state index is 5.90. The van der Waals surface area contributed by atoms with E-state index >= 15 is 0 Å². The summed E-state index contributed by atoms with van der Waals surface area (Å²) in [6, 6.07) is 3.94. The third kappa shape index (κ3) is 2.32. The molecular formula is C14H19N5. The Balaban J connectivity index is 2.07. The summed E-state index contributed by atoms with van der Waals surface area (Å²) in [5.74, 6) is 2.69. The molecule has 100 valence electrons. The van der Waals surface area contributed by atoms with Crippen molar-refractivity contribution in [1.82, 2.24) is 19.7 Å². The molecule has 1 saturated carbocycles. The van der Waals surface area contributed by atoms with Crippen LogP contribution in [0, 0.1) is 0 Å². The topological polar surface area (TPSA) is 69.6 Å². The quantitative estimate of drug-likeness (QED) is 0.912. The summed E-state index contributed by atoms with van der Waals surface area (Å²) in [5.41, 5.74) is 8.15. The Morgan fingerprint density at radius 2 is 2.00 bits per heavy atom. The summed E-state index contributed by atoms with van der Waals surface area (Å²) in [4.78, 5) is 8.96. The van der Waals surface area contributed by atoms with Crippen molar-refractivity contribution in [3.05, 3.63) is 29.3 Å². The molecule has 2 aromatic heterocycles. The Morgan fingerprint density at radius 1 is 1.21 bits per heavy atom. The SMILES string of the molecule is CCc1cc(CC)n(-c2cc(N)nc(C3CC3)n2)n1. The van der Waals surface area contributed by atoms with Crippen LogP contribution in [-0.2, 0) is 12.8 Å². The van der Waals surface area contributed by atoms with Crippen molar-refractivity contribution in [3.8, 4) is 5.82 Å². The van der Waals surface area contributed by atoms with Crippen LogP contribution in [0.5, 0.6) is 0 Å². The van der Waals surface area contributed by atoms with Crippen LogP contribution in [0.25, 0.3) is 5.82 Å². The van der Waals surface area contributed by atoms with E-state index in [0.717, 1.165) is 35.9 Å². The molecule has 0 amide bonds. The Morgan fingerprint density at radius 3 is 2.63 bits per heavy atom. The van der Waals surface area contributed by atoms with E-state index in [4.69, 9.17) is 5.73 Å². The number of anilines is 1. The molecule has 5 heteroatoms. The zero-order valence-corrected chi connectivity index (χ0v) is 11.4. The first-order valence-electron chi connectivity index (χ1n) is 6.94. The molecule has 5 nitrogen and oxygen atoms in total. The van der Waals surface area contributed by atoms with Gasteiger partial charge in [-0.05, 0) is 31.7 Å². The number of rotatable bonds is 4. The fraction of sp³-hybridized carbons (Fsp3) is 0.500. The summed E-state index contributed by atoms with van der Waals surface area (Å²) in [5, 5.41) is 4.60. The highest BCUT2D eigenvalue weighted by molar-refractivity contribution is 5.39. The van der Waals surface area contributed by atoms with Gasteiger partial charge in [-0.3, -0.25) is 0 Å². The maximum Gasteiger partial charge on any atom is 0.159 e. The van der Waals surface area contributed by atoms with Gasteiger partial charge in [0.15, 0.2) is 5.82 Å². The van der Waals surface area contributed by atoms with Crippen LogP contribution >= 0.6 is 0 Å². The highest BCUT2D eigenvalue weighted by Crippen LogP contribution is 2.38. The van der Waals surface area contributed by atoms with Crippen LogP contribution in [0.3, 0.4) is 0 Å². The van der Waals surface area contributed by atoms with Crippen molar-refractivity contribution in [2.45, 2.75) is 45.4 Å². The summed E-state index contributed by atoms with van der Waals surface area (Å²) in [7, 11) is 0. The first-order valence-corrected chi connectivity index (χ1v) is 6.94. The predicted octanol–water partition coefficient (Wildman–Crippen LogP) is 2.25. The molecule has 0 spiro atoms. The normalized spacial score (nSPS) is 14.8. The number of aryl methyl sites for hydroxylation is 2. The van der Waals surface area contributed by atoms with E-state index in [1.165, 1.54) is 12.8 Å². The van der Waals surface area contributed by atoms with Crippen LogP contribution in [0.4, 0.5) is 5.82 Å². The van der Waals surface area contributed by atoms with Gasteiger partial charge in [-0.15, -0.1) is 0 Å². The molecule has 0 saturated heterocycles. The number of nitrogens with zero attached hydrogens (tertiary/aromatic N) is 4. The van der Waals surface area contributed by atoms with Gasteiger partial charge >= 0.3 is 0 Å². The van der Waals surface area contributed by atoms with Gasteiger partial charge in [0.05, 0.1) is 5.69 Å². The molecule has 0 radical (unpaired) electrons. The summed E-state index contributed by atoms with van der Waals surface area (Å²) < 4.78 is 1.91. The molecular weight excluding hydrogens is 238 g/mol. The molecule has 0 unspecified atom stereocenters. The highest BCUT2D eigenvalue weighted by Gasteiger charge is 2.27. The highest BCUT2D eigenvalue weighted by atomic mass is 15.3. The molecule has 2 N–H and O–H groups in total. The van der Waals surface area contributed by atoms with Crippen LogP contribution in [0.1, 0.15) is 49.8 Å².